The number of nitrogens with zero attached hydrogens (tertiary/aromatic N) is 2. The number of carbonyl (C=O) groups excluding carboxylic acids is 1. The summed E-state index contributed by atoms with van der Waals surface area (Å²) in [5.41, 5.74) is 0.486. The molecule has 140 valence electrons. The number of carbonyl (C=O) groups is 1. The molecule has 2 N–H and O–H groups in total. The number of amides is 1. The molecular weight excluding hydrogens is 332 g/mol. The van der Waals surface area contributed by atoms with Gasteiger partial charge in [0.2, 0.25) is 0 Å². The van der Waals surface area contributed by atoms with Crippen molar-refractivity contribution in [1.82, 2.24) is 20.2 Å². The maximum atomic E-state index is 12.2. The van der Waals surface area contributed by atoms with Gasteiger partial charge in [-0.2, -0.15) is 0 Å². The standard InChI is InChI=1S/C19H26N4O3/c1-13-6-9-23(10-7-13)12-15-3-4-16(26-15)19(25)20-8-5-17-21-14(2)11-18(24)22-17/h3-4,11,13H,5-10,12H2,1-2H3,(H,20,25)(H,21,22,24). The van der Waals surface area contributed by atoms with Gasteiger partial charge in [-0.3, -0.25) is 14.5 Å². The van der Waals surface area contributed by atoms with E-state index in [2.05, 4.69) is 27.1 Å². The van der Waals surface area contributed by atoms with Gasteiger partial charge in [-0.1, -0.05) is 6.92 Å². The highest BCUT2D eigenvalue weighted by molar-refractivity contribution is 5.91. The zero-order valence-electron chi connectivity index (χ0n) is 15.4. The van der Waals surface area contributed by atoms with Gasteiger partial charge in [-0.15, -0.1) is 0 Å². The van der Waals surface area contributed by atoms with Crippen LogP contribution in [0.2, 0.25) is 0 Å². The molecule has 2 aromatic rings. The lowest BCUT2D eigenvalue weighted by Gasteiger charge is -2.29. The van der Waals surface area contributed by atoms with Gasteiger partial charge in [0, 0.05) is 24.7 Å². The van der Waals surface area contributed by atoms with Gasteiger partial charge in [0.15, 0.2) is 5.76 Å². The van der Waals surface area contributed by atoms with Crippen molar-refractivity contribution < 1.29 is 9.21 Å². The Kier molecular flexibility index (Phi) is 5.88. The number of nitrogens with one attached hydrogen (secondary N) is 2. The molecular formula is C19H26N4O3. The largest absolute Gasteiger partial charge is 0.455 e. The van der Waals surface area contributed by atoms with Gasteiger partial charge in [-0.25, -0.2) is 4.98 Å². The van der Waals surface area contributed by atoms with Crippen LogP contribution in [0.25, 0.3) is 0 Å². The number of H-pyrrole nitrogens is 1. The number of furan rings is 1. The highest BCUT2D eigenvalue weighted by atomic mass is 16.4. The number of likely N-dealkylation sites (tertiary alicyclic amines) is 1. The maximum Gasteiger partial charge on any atom is 0.287 e. The van der Waals surface area contributed by atoms with Crippen LogP contribution in [0.4, 0.5) is 0 Å². The monoisotopic (exact) mass is 358 g/mol. The van der Waals surface area contributed by atoms with Crippen molar-refractivity contribution >= 4 is 5.91 Å². The summed E-state index contributed by atoms with van der Waals surface area (Å²) in [7, 11) is 0. The van der Waals surface area contributed by atoms with Gasteiger partial charge in [-0.05, 0) is 50.9 Å². The third-order valence-corrected chi connectivity index (χ3v) is 4.71. The molecule has 3 heterocycles. The van der Waals surface area contributed by atoms with E-state index >= 15 is 0 Å². The minimum atomic E-state index is -0.251. The molecule has 7 nitrogen and oxygen atoms in total. The molecule has 26 heavy (non-hydrogen) atoms. The van der Waals surface area contributed by atoms with Crippen molar-refractivity contribution in [1.29, 1.82) is 0 Å². The molecule has 0 bridgehead atoms. The number of aromatic amines is 1. The van der Waals surface area contributed by atoms with Crippen LogP contribution < -0.4 is 10.9 Å². The zero-order valence-corrected chi connectivity index (χ0v) is 15.4. The van der Waals surface area contributed by atoms with Crippen molar-refractivity contribution in [2.24, 2.45) is 5.92 Å². The average molecular weight is 358 g/mol. The zero-order chi connectivity index (χ0) is 18.5. The first-order chi connectivity index (χ1) is 12.5. The molecule has 1 aliphatic heterocycles. The third kappa shape index (κ3) is 5.05. The van der Waals surface area contributed by atoms with Gasteiger partial charge < -0.3 is 14.7 Å². The molecule has 2 aromatic heterocycles. The number of piperidine rings is 1. The normalized spacial score (nSPS) is 15.9. The molecule has 1 amide bonds. The average Bonchev–Trinajstić information content (AvgIpc) is 3.05. The van der Waals surface area contributed by atoms with Crippen LogP contribution in [0.15, 0.2) is 27.4 Å². The molecule has 0 spiro atoms. The quantitative estimate of drug-likeness (QED) is 0.823. The van der Waals surface area contributed by atoms with Crippen molar-refractivity contribution in [3.8, 4) is 0 Å². The number of aryl methyl sites for hydroxylation is 1. The summed E-state index contributed by atoms with van der Waals surface area (Å²) in [6.07, 6.45) is 2.88. The van der Waals surface area contributed by atoms with Crippen molar-refractivity contribution in [2.45, 2.75) is 39.7 Å². The summed E-state index contributed by atoms with van der Waals surface area (Å²) in [5.74, 6) is 2.24. The first kappa shape index (κ1) is 18.4. The second kappa shape index (κ2) is 8.31. The van der Waals surface area contributed by atoms with Crippen LogP contribution in [0.5, 0.6) is 0 Å². The summed E-state index contributed by atoms with van der Waals surface area (Å²) < 4.78 is 5.69. The summed E-state index contributed by atoms with van der Waals surface area (Å²) >= 11 is 0. The SMILES string of the molecule is Cc1cc(=O)[nH]c(CCNC(=O)c2ccc(CN3CCC(C)CC3)o2)n1. The molecule has 0 radical (unpaired) electrons. The van der Waals surface area contributed by atoms with Crippen LogP contribution in [0.1, 0.15) is 47.6 Å². The lowest BCUT2D eigenvalue weighted by Crippen LogP contribution is -2.32. The highest BCUT2D eigenvalue weighted by Crippen LogP contribution is 2.19. The Bertz CT molecular complexity index is 803. The second-order valence-electron chi connectivity index (χ2n) is 7.06. The summed E-state index contributed by atoms with van der Waals surface area (Å²) in [6.45, 7) is 7.33. The Balaban J connectivity index is 1.47. The van der Waals surface area contributed by atoms with Crippen LogP contribution in [-0.4, -0.2) is 40.4 Å². The molecule has 1 aliphatic rings. The van der Waals surface area contributed by atoms with Crippen molar-refractivity contribution in [3.05, 3.63) is 51.6 Å². The first-order valence-electron chi connectivity index (χ1n) is 9.15. The van der Waals surface area contributed by atoms with E-state index in [1.807, 2.05) is 6.07 Å². The summed E-state index contributed by atoms with van der Waals surface area (Å²) in [6, 6.07) is 5.02. The van der Waals surface area contributed by atoms with Gasteiger partial charge >= 0.3 is 0 Å². The molecule has 0 aromatic carbocycles. The van der Waals surface area contributed by atoms with Gasteiger partial charge in [0.05, 0.1) is 6.54 Å². The van der Waals surface area contributed by atoms with E-state index in [0.717, 1.165) is 31.3 Å². The lowest BCUT2D eigenvalue weighted by atomic mass is 9.99. The number of hydrogen-bond acceptors (Lipinski definition) is 5. The Morgan fingerprint density at radius 2 is 2.15 bits per heavy atom. The van der Waals surface area contributed by atoms with E-state index in [4.69, 9.17) is 4.42 Å². The number of aromatic nitrogens is 2. The number of rotatable bonds is 6. The predicted molar refractivity (Wildman–Crippen MR) is 98.0 cm³/mol. The van der Waals surface area contributed by atoms with E-state index in [0.29, 0.717) is 30.2 Å². The van der Waals surface area contributed by atoms with Crippen molar-refractivity contribution in [3.63, 3.8) is 0 Å². The molecule has 3 rings (SSSR count). The highest BCUT2D eigenvalue weighted by Gasteiger charge is 2.18. The molecule has 0 saturated carbocycles. The Morgan fingerprint density at radius 1 is 1.38 bits per heavy atom. The summed E-state index contributed by atoms with van der Waals surface area (Å²) in [4.78, 5) is 32.9. The van der Waals surface area contributed by atoms with Crippen molar-refractivity contribution in [2.75, 3.05) is 19.6 Å². The molecule has 0 unspecified atom stereocenters. The summed E-state index contributed by atoms with van der Waals surface area (Å²) in [5, 5.41) is 2.80. The Hall–Kier alpha value is -2.41. The Morgan fingerprint density at radius 3 is 2.88 bits per heavy atom. The van der Waals surface area contributed by atoms with Gasteiger partial charge in [0.25, 0.3) is 11.5 Å². The Labute approximate surface area is 152 Å². The fourth-order valence-electron chi connectivity index (χ4n) is 3.17. The molecule has 0 atom stereocenters. The smallest absolute Gasteiger partial charge is 0.287 e. The van der Waals surface area contributed by atoms with E-state index in [1.54, 1.807) is 13.0 Å². The lowest BCUT2D eigenvalue weighted by molar-refractivity contribution is 0.0921. The second-order valence-corrected chi connectivity index (χ2v) is 7.06. The van der Waals surface area contributed by atoms with E-state index in [-0.39, 0.29) is 11.5 Å². The van der Waals surface area contributed by atoms with Crippen LogP contribution in [-0.2, 0) is 13.0 Å². The topological polar surface area (TPSA) is 91.2 Å². The van der Waals surface area contributed by atoms with Crippen LogP contribution >= 0.6 is 0 Å². The van der Waals surface area contributed by atoms with Gasteiger partial charge in [0.1, 0.15) is 11.6 Å². The van der Waals surface area contributed by atoms with Crippen LogP contribution in [0.3, 0.4) is 0 Å². The third-order valence-electron chi connectivity index (χ3n) is 4.71. The number of hydrogen-bond donors (Lipinski definition) is 2. The first-order valence-corrected chi connectivity index (χ1v) is 9.15. The fourth-order valence-corrected chi connectivity index (χ4v) is 3.17. The fraction of sp³-hybridized carbons (Fsp3) is 0.526. The minimum Gasteiger partial charge on any atom is -0.455 e. The maximum absolute atomic E-state index is 12.2. The molecule has 7 heteroatoms. The van der Waals surface area contributed by atoms with E-state index < -0.39 is 0 Å². The molecule has 0 aliphatic carbocycles. The molecule has 1 fully saturated rings. The van der Waals surface area contributed by atoms with E-state index in [1.165, 1.54) is 18.9 Å². The predicted octanol–water partition coefficient (Wildman–Crippen LogP) is 1.88. The molecule has 1 saturated heterocycles. The van der Waals surface area contributed by atoms with E-state index in [9.17, 15) is 9.59 Å². The van der Waals surface area contributed by atoms with Crippen LogP contribution in [0, 0.1) is 12.8 Å². The minimum absolute atomic E-state index is 0.179.